The number of carboxylic acid groups (broad SMARTS) is 1. The lowest BCUT2D eigenvalue weighted by Gasteiger charge is -2.37. The van der Waals surface area contributed by atoms with Gasteiger partial charge in [-0.3, -0.25) is 0 Å². The van der Waals surface area contributed by atoms with Crippen molar-refractivity contribution in [3.05, 3.63) is 35.9 Å². The summed E-state index contributed by atoms with van der Waals surface area (Å²) in [5, 5.41) is 11.6. The molecule has 7 nitrogen and oxygen atoms in total. The van der Waals surface area contributed by atoms with Crippen LogP contribution in [0.2, 0.25) is 0 Å². The van der Waals surface area contributed by atoms with Crippen molar-refractivity contribution in [1.82, 2.24) is 10.2 Å². The predicted octanol–water partition coefficient (Wildman–Crippen LogP) is 1.38. The Hall–Kier alpha value is -2.28. The monoisotopic (exact) mass is 307 g/mol. The number of alkyl carbamates (subject to hydrolysis) is 1. The van der Waals surface area contributed by atoms with Crippen LogP contribution in [0.4, 0.5) is 9.59 Å². The molecule has 0 atom stereocenters. The van der Waals surface area contributed by atoms with E-state index in [1.807, 2.05) is 30.3 Å². The van der Waals surface area contributed by atoms with E-state index in [2.05, 4.69) is 5.32 Å². The molecule has 1 aromatic rings. The number of nitrogens with zero attached hydrogens (tertiary/aromatic N) is 1. The van der Waals surface area contributed by atoms with Crippen molar-refractivity contribution in [2.24, 2.45) is 5.73 Å². The van der Waals surface area contributed by atoms with Gasteiger partial charge in [0, 0.05) is 25.2 Å². The van der Waals surface area contributed by atoms with E-state index >= 15 is 0 Å². The fourth-order valence-electron chi connectivity index (χ4n) is 2.34. The first-order chi connectivity index (χ1) is 10.5. The van der Waals surface area contributed by atoms with E-state index in [1.165, 1.54) is 4.90 Å². The molecule has 0 aliphatic carbocycles. The number of benzene rings is 1. The average Bonchev–Trinajstić information content (AvgIpc) is 2.52. The number of carbonyl (C=O) groups is 2. The van der Waals surface area contributed by atoms with Crippen LogP contribution in [0.3, 0.4) is 0 Å². The molecule has 0 unspecified atom stereocenters. The molecule has 22 heavy (non-hydrogen) atoms. The van der Waals surface area contributed by atoms with Crippen LogP contribution < -0.4 is 11.1 Å². The second-order valence-corrected chi connectivity index (χ2v) is 5.55. The number of nitrogens with one attached hydrogen (secondary N) is 1. The largest absolute Gasteiger partial charge is 0.465 e. The lowest BCUT2D eigenvalue weighted by Crippen LogP contribution is -2.57. The van der Waals surface area contributed by atoms with Crippen LogP contribution in [0.1, 0.15) is 18.4 Å². The molecule has 0 aromatic heterocycles. The van der Waals surface area contributed by atoms with Crippen LogP contribution in [0, 0.1) is 0 Å². The molecule has 2 amide bonds. The first-order valence-corrected chi connectivity index (χ1v) is 7.20. The van der Waals surface area contributed by atoms with Gasteiger partial charge < -0.3 is 25.8 Å². The van der Waals surface area contributed by atoms with Crippen molar-refractivity contribution in [2.45, 2.75) is 25.0 Å². The van der Waals surface area contributed by atoms with Gasteiger partial charge >= 0.3 is 12.2 Å². The maximum atomic E-state index is 11.7. The van der Waals surface area contributed by atoms with Crippen molar-refractivity contribution in [3.63, 3.8) is 0 Å². The third kappa shape index (κ3) is 4.63. The van der Waals surface area contributed by atoms with E-state index in [0.29, 0.717) is 25.9 Å². The number of carbonyl (C=O) groups excluding carboxylic acids is 1. The Kier molecular flexibility index (Phi) is 5.21. The zero-order valence-corrected chi connectivity index (χ0v) is 12.3. The maximum Gasteiger partial charge on any atom is 0.407 e. The van der Waals surface area contributed by atoms with Gasteiger partial charge in [-0.1, -0.05) is 30.3 Å². The zero-order valence-electron chi connectivity index (χ0n) is 12.3. The molecule has 1 aromatic carbocycles. The van der Waals surface area contributed by atoms with E-state index in [0.717, 1.165) is 5.56 Å². The summed E-state index contributed by atoms with van der Waals surface area (Å²) in [5.41, 5.74) is 6.51. The molecule has 0 bridgehead atoms. The van der Waals surface area contributed by atoms with Gasteiger partial charge in [0.15, 0.2) is 0 Å². The quantitative estimate of drug-likeness (QED) is 0.779. The highest BCUT2D eigenvalue weighted by Gasteiger charge is 2.32. The zero-order chi connectivity index (χ0) is 16.0. The molecule has 2 rings (SSSR count). The van der Waals surface area contributed by atoms with Gasteiger partial charge in [-0.05, 0) is 18.4 Å². The molecular formula is C15H21N3O4. The Balaban J connectivity index is 1.71. The van der Waals surface area contributed by atoms with Crippen LogP contribution >= 0.6 is 0 Å². The molecule has 4 N–H and O–H groups in total. The normalized spacial score (nSPS) is 16.9. The standard InChI is InChI=1S/C15H21N3O4/c16-15(6-8-18(9-7-15)14(20)21)11-17-13(19)22-10-12-4-2-1-3-5-12/h1-5H,6-11,16H2,(H,17,19)(H,20,21). The second-order valence-electron chi connectivity index (χ2n) is 5.55. The Morgan fingerprint density at radius 2 is 1.91 bits per heavy atom. The molecule has 120 valence electrons. The summed E-state index contributed by atoms with van der Waals surface area (Å²) in [6.45, 7) is 1.24. The van der Waals surface area contributed by atoms with Gasteiger partial charge in [-0.25, -0.2) is 9.59 Å². The maximum absolute atomic E-state index is 11.7. The molecule has 7 heteroatoms. The summed E-state index contributed by atoms with van der Waals surface area (Å²) in [6.07, 6.45) is -0.428. The average molecular weight is 307 g/mol. The van der Waals surface area contributed by atoms with Crippen LogP contribution in [0.5, 0.6) is 0 Å². The van der Waals surface area contributed by atoms with E-state index in [9.17, 15) is 9.59 Å². The molecule has 0 spiro atoms. The van der Waals surface area contributed by atoms with Gasteiger partial charge in [0.1, 0.15) is 6.61 Å². The Labute approximate surface area is 129 Å². The van der Waals surface area contributed by atoms with Crippen molar-refractivity contribution >= 4 is 12.2 Å². The van der Waals surface area contributed by atoms with Gasteiger partial charge in [0.05, 0.1) is 0 Å². The second kappa shape index (κ2) is 7.13. The molecule has 1 heterocycles. The number of amides is 2. The molecule has 1 aliphatic rings. The smallest absolute Gasteiger partial charge is 0.407 e. The van der Waals surface area contributed by atoms with E-state index in [1.54, 1.807) is 0 Å². The molecule has 1 saturated heterocycles. The predicted molar refractivity (Wildman–Crippen MR) is 80.4 cm³/mol. The fraction of sp³-hybridized carbons (Fsp3) is 0.467. The topological polar surface area (TPSA) is 105 Å². The highest BCUT2D eigenvalue weighted by atomic mass is 16.5. The molecular weight excluding hydrogens is 286 g/mol. The molecule has 1 fully saturated rings. The number of ether oxygens (including phenoxy) is 1. The van der Waals surface area contributed by atoms with E-state index in [4.69, 9.17) is 15.6 Å². The number of hydrogen-bond donors (Lipinski definition) is 3. The van der Waals surface area contributed by atoms with E-state index < -0.39 is 17.7 Å². The number of hydrogen-bond acceptors (Lipinski definition) is 4. The number of nitrogens with two attached hydrogens (primary N) is 1. The minimum atomic E-state index is -0.933. The fourth-order valence-corrected chi connectivity index (χ4v) is 2.34. The van der Waals surface area contributed by atoms with Gasteiger partial charge in [0.2, 0.25) is 0 Å². The van der Waals surface area contributed by atoms with Crippen LogP contribution in [0.25, 0.3) is 0 Å². The molecule has 1 aliphatic heterocycles. The third-order valence-electron chi connectivity index (χ3n) is 3.83. The summed E-state index contributed by atoms with van der Waals surface area (Å²) in [5.74, 6) is 0. The van der Waals surface area contributed by atoms with Crippen molar-refractivity contribution in [2.75, 3.05) is 19.6 Å². The van der Waals surface area contributed by atoms with Gasteiger partial charge in [-0.15, -0.1) is 0 Å². The number of rotatable bonds is 4. The third-order valence-corrected chi connectivity index (χ3v) is 3.83. The summed E-state index contributed by atoms with van der Waals surface area (Å²) >= 11 is 0. The van der Waals surface area contributed by atoms with E-state index in [-0.39, 0.29) is 13.2 Å². The highest BCUT2D eigenvalue weighted by molar-refractivity contribution is 5.67. The van der Waals surface area contributed by atoms with Crippen LogP contribution in [0.15, 0.2) is 30.3 Å². The summed E-state index contributed by atoms with van der Waals surface area (Å²) in [6, 6.07) is 9.40. The summed E-state index contributed by atoms with van der Waals surface area (Å²) in [4.78, 5) is 23.9. The Morgan fingerprint density at radius 3 is 2.50 bits per heavy atom. The summed E-state index contributed by atoms with van der Waals surface area (Å²) < 4.78 is 5.11. The van der Waals surface area contributed by atoms with Crippen molar-refractivity contribution in [3.8, 4) is 0 Å². The minimum absolute atomic E-state index is 0.205. The van der Waals surface area contributed by atoms with Crippen LogP contribution in [-0.2, 0) is 11.3 Å². The minimum Gasteiger partial charge on any atom is -0.465 e. The Morgan fingerprint density at radius 1 is 1.27 bits per heavy atom. The van der Waals surface area contributed by atoms with Crippen molar-refractivity contribution in [1.29, 1.82) is 0 Å². The number of likely N-dealkylation sites (tertiary alicyclic amines) is 1. The Bertz CT molecular complexity index is 513. The van der Waals surface area contributed by atoms with Crippen LogP contribution in [-0.4, -0.2) is 47.4 Å². The first-order valence-electron chi connectivity index (χ1n) is 7.20. The molecule has 0 saturated carbocycles. The summed E-state index contributed by atoms with van der Waals surface area (Å²) in [7, 11) is 0. The first kappa shape index (κ1) is 16.1. The number of piperidine rings is 1. The van der Waals surface area contributed by atoms with Crippen molar-refractivity contribution < 1.29 is 19.4 Å². The van der Waals surface area contributed by atoms with Gasteiger partial charge in [-0.2, -0.15) is 0 Å². The SMILES string of the molecule is NC1(CNC(=O)OCc2ccccc2)CCN(C(=O)O)CC1. The lowest BCUT2D eigenvalue weighted by molar-refractivity contribution is 0.111. The van der Waals surface area contributed by atoms with Gasteiger partial charge in [0.25, 0.3) is 0 Å². The lowest BCUT2D eigenvalue weighted by atomic mass is 9.89. The highest BCUT2D eigenvalue weighted by Crippen LogP contribution is 2.19. The molecule has 0 radical (unpaired) electrons.